The number of fused-ring (bicyclic) bond motifs is 1. The molecule has 19 heavy (non-hydrogen) atoms. The lowest BCUT2D eigenvalue weighted by molar-refractivity contribution is -0.117. The van der Waals surface area contributed by atoms with E-state index in [2.05, 4.69) is 4.98 Å². The molecule has 0 fully saturated rings. The second-order valence-electron chi connectivity index (χ2n) is 4.57. The van der Waals surface area contributed by atoms with Crippen molar-refractivity contribution >= 4 is 34.5 Å². The van der Waals surface area contributed by atoms with E-state index in [9.17, 15) is 4.79 Å². The third-order valence-electron chi connectivity index (χ3n) is 3.27. The molecule has 0 atom stereocenters. The molecule has 5 heteroatoms. The van der Waals surface area contributed by atoms with Crippen LogP contribution >= 0.6 is 22.9 Å². The zero-order valence-electron chi connectivity index (χ0n) is 10.5. The van der Waals surface area contributed by atoms with Gasteiger partial charge in [-0.25, -0.2) is 4.98 Å². The molecule has 3 rings (SSSR count). The molecule has 1 aromatic heterocycles. The predicted molar refractivity (Wildman–Crippen MR) is 78.1 cm³/mol. The minimum Gasteiger partial charge on any atom is -0.311 e. The van der Waals surface area contributed by atoms with Crippen LogP contribution in [0.4, 0.5) is 5.69 Å². The summed E-state index contributed by atoms with van der Waals surface area (Å²) in [4.78, 5) is 18.5. The minimum atomic E-state index is 0.0892. The summed E-state index contributed by atoms with van der Waals surface area (Å²) in [5.41, 5.74) is 2.87. The van der Waals surface area contributed by atoms with Crippen LogP contribution in [-0.2, 0) is 17.6 Å². The van der Waals surface area contributed by atoms with Gasteiger partial charge in [-0.3, -0.25) is 4.79 Å². The Morgan fingerprint density at radius 2 is 2.37 bits per heavy atom. The van der Waals surface area contributed by atoms with E-state index < -0.39 is 0 Å². The standard InChI is InChI=1S/C14H13ClN2OS/c1-9-16-10(8-19-9)7-14(18)17-6-5-11-12(15)3-2-4-13(11)17/h2-4,8H,5-7H2,1H3. The van der Waals surface area contributed by atoms with Crippen molar-refractivity contribution in [1.82, 2.24) is 4.98 Å². The average molecular weight is 293 g/mol. The maximum absolute atomic E-state index is 12.3. The number of aryl methyl sites for hydroxylation is 1. The zero-order valence-corrected chi connectivity index (χ0v) is 12.1. The Hall–Kier alpha value is -1.39. The molecule has 3 nitrogen and oxygen atoms in total. The van der Waals surface area contributed by atoms with E-state index in [1.165, 1.54) is 0 Å². The topological polar surface area (TPSA) is 33.2 Å². The summed E-state index contributed by atoms with van der Waals surface area (Å²) in [6, 6.07) is 5.72. The summed E-state index contributed by atoms with van der Waals surface area (Å²) in [5.74, 6) is 0.0892. The predicted octanol–water partition coefficient (Wildman–Crippen LogP) is 3.24. The number of rotatable bonds is 2. The molecule has 0 unspecified atom stereocenters. The Balaban J connectivity index is 1.82. The Morgan fingerprint density at radius 1 is 1.53 bits per heavy atom. The number of hydrogen-bond donors (Lipinski definition) is 0. The lowest BCUT2D eigenvalue weighted by atomic mass is 10.2. The van der Waals surface area contributed by atoms with Gasteiger partial charge in [0, 0.05) is 22.6 Å². The molecule has 1 aliphatic rings. The molecule has 2 aromatic rings. The minimum absolute atomic E-state index is 0.0892. The highest BCUT2D eigenvalue weighted by Gasteiger charge is 2.26. The lowest BCUT2D eigenvalue weighted by Crippen LogP contribution is -2.30. The van der Waals surface area contributed by atoms with Crippen molar-refractivity contribution in [2.45, 2.75) is 19.8 Å². The molecule has 0 spiro atoms. The first-order valence-electron chi connectivity index (χ1n) is 6.14. The van der Waals surface area contributed by atoms with Crippen molar-refractivity contribution in [3.63, 3.8) is 0 Å². The number of aromatic nitrogens is 1. The van der Waals surface area contributed by atoms with Gasteiger partial charge >= 0.3 is 0 Å². The van der Waals surface area contributed by atoms with Crippen LogP contribution in [0.2, 0.25) is 5.02 Å². The van der Waals surface area contributed by atoms with Gasteiger partial charge in [0.15, 0.2) is 0 Å². The van der Waals surface area contributed by atoms with Crippen LogP contribution in [-0.4, -0.2) is 17.4 Å². The second kappa shape index (κ2) is 4.94. The van der Waals surface area contributed by atoms with Crippen LogP contribution < -0.4 is 4.90 Å². The van der Waals surface area contributed by atoms with Crippen LogP contribution in [0.3, 0.4) is 0 Å². The third-order valence-corrected chi connectivity index (χ3v) is 4.45. The van der Waals surface area contributed by atoms with Crippen LogP contribution in [0.5, 0.6) is 0 Å². The molecular weight excluding hydrogens is 280 g/mol. The second-order valence-corrected chi connectivity index (χ2v) is 6.04. The molecule has 1 amide bonds. The van der Waals surface area contributed by atoms with Gasteiger partial charge in [0.2, 0.25) is 5.91 Å². The zero-order chi connectivity index (χ0) is 13.4. The summed E-state index contributed by atoms with van der Waals surface area (Å²) in [7, 11) is 0. The van der Waals surface area contributed by atoms with Crippen LogP contribution in [0.1, 0.15) is 16.3 Å². The van der Waals surface area contributed by atoms with Gasteiger partial charge in [0.25, 0.3) is 0 Å². The normalized spacial score (nSPS) is 13.7. The van der Waals surface area contributed by atoms with Gasteiger partial charge in [0.05, 0.1) is 17.1 Å². The van der Waals surface area contributed by atoms with Crippen molar-refractivity contribution in [2.24, 2.45) is 0 Å². The molecular formula is C14H13ClN2OS. The summed E-state index contributed by atoms with van der Waals surface area (Å²) in [6.07, 6.45) is 1.19. The molecule has 0 bridgehead atoms. The van der Waals surface area contributed by atoms with Gasteiger partial charge in [-0.1, -0.05) is 17.7 Å². The van der Waals surface area contributed by atoms with Crippen molar-refractivity contribution in [1.29, 1.82) is 0 Å². The monoisotopic (exact) mass is 292 g/mol. The first-order valence-corrected chi connectivity index (χ1v) is 7.39. The Morgan fingerprint density at radius 3 is 3.11 bits per heavy atom. The molecule has 0 saturated heterocycles. The van der Waals surface area contributed by atoms with Gasteiger partial charge in [-0.15, -0.1) is 11.3 Å². The van der Waals surface area contributed by atoms with Gasteiger partial charge in [-0.2, -0.15) is 0 Å². The number of carbonyl (C=O) groups is 1. The molecule has 0 aliphatic carbocycles. The van der Waals surface area contributed by atoms with E-state index >= 15 is 0 Å². The number of amides is 1. The number of benzene rings is 1. The van der Waals surface area contributed by atoms with Crippen molar-refractivity contribution in [3.05, 3.63) is 44.9 Å². The highest BCUT2D eigenvalue weighted by Crippen LogP contribution is 2.33. The van der Waals surface area contributed by atoms with E-state index in [1.807, 2.05) is 35.4 Å². The van der Waals surface area contributed by atoms with Crippen molar-refractivity contribution < 1.29 is 4.79 Å². The fourth-order valence-electron chi connectivity index (χ4n) is 2.39. The number of carbonyl (C=O) groups excluding carboxylic acids is 1. The third kappa shape index (κ3) is 2.38. The quantitative estimate of drug-likeness (QED) is 0.851. The Kier molecular flexibility index (Phi) is 3.29. The van der Waals surface area contributed by atoms with E-state index in [0.717, 1.165) is 33.4 Å². The summed E-state index contributed by atoms with van der Waals surface area (Å²) >= 11 is 7.73. The van der Waals surface area contributed by atoms with E-state index in [-0.39, 0.29) is 5.91 Å². The highest BCUT2D eigenvalue weighted by molar-refractivity contribution is 7.09. The van der Waals surface area contributed by atoms with Crippen LogP contribution in [0, 0.1) is 6.92 Å². The highest BCUT2D eigenvalue weighted by atomic mass is 35.5. The fourth-order valence-corrected chi connectivity index (χ4v) is 3.27. The molecule has 1 aliphatic heterocycles. The van der Waals surface area contributed by atoms with Crippen molar-refractivity contribution in [3.8, 4) is 0 Å². The van der Waals surface area contributed by atoms with Crippen LogP contribution in [0.15, 0.2) is 23.6 Å². The maximum Gasteiger partial charge on any atom is 0.233 e. The van der Waals surface area contributed by atoms with Gasteiger partial charge < -0.3 is 4.90 Å². The molecule has 2 heterocycles. The lowest BCUT2D eigenvalue weighted by Gasteiger charge is -2.16. The largest absolute Gasteiger partial charge is 0.311 e. The Labute approximate surface area is 120 Å². The van der Waals surface area contributed by atoms with E-state index in [4.69, 9.17) is 11.6 Å². The summed E-state index contributed by atoms with van der Waals surface area (Å²) in [6.45, 7) is 2.66. The average Bonchev–Trinajstić information content (AvgIpc) is 2.96. The first kappa shape index (κ1) is 12.6. The molecule has 0 radical (unpaired) electrons. The number of anilines is 1. The molecule has 98 valence electrons. The van der Waals surface area contributed by atoms with Crippen LogP contribution in [0.25, 0.3) is 0 Å². The fraction of sp³-hybridized carbons (Fsp3) is 0.286. The van der Waals surface area contributed by atoms with Gasteiger partial charge in [0.1, 0.15) is 0 Å². The number of hydrogen-bond acceptors (Lipinski definition) is 3. The molecule has 1 aromatic carbocycles. The van der Waals surface area contributed by atoms with E-state index in [0.29, 0.717) is 13.0 Å². The number of halogens is 1. The smallest absolute Gasteiger partial charge is 0.233 e. The molecule has 0 saturated carbocycles. The SMILES string of the molecule is Cc1nc(CC(=O)N2CCc3c(Cl)cccc32)cs1. The van der Waals surface area contributed by atoms with E-state index in [1.54, 1.807) is 11.3 Å². The van der Waals surface area contributed by atoms with Gasteiger partial charge in [-0.05, 0) is 31.0 Å². The number of thiazole rings is 1. The number of nitrogens with zero attached hydrogens (tertiary/aromatic N) is 2. The first-order chi connectivity index (χ1) is 9.15. The Bertz CT molecular complexity index is 638. The summed E-state index contributed by atoms with van der Waals surface area (Å²) in [5, 5.41) is 3.69. The summed E-state index contributed by atoms with van der Waals surface area (Å²) < 4.78 is 0. The molecule has 0 N–H and O–H groups in total. The maximum atomic E-state index is 12.3. The van der Waals surface area contributed by atoms with Crippen molar-refractivity contribution in [2.75, 3.05) is 11.4 Å².